The standard InChI is InChI=1S/C18H18N4O4/c23-14-11-22(13-9-5-2-6-10-13)21-15(17(14)24)16(18(25)26)20-19-12-7-3-1-4-8-12/h1-10,14,17,19,23-24H,11H2,(H,25,26)/b20-16-/t14-,17-/m1/s1. The van der Waals surface area contributed by atoms with Crippen molar-refractivity contribution in [2.45, 2.75) is 12.2 Å². The van der Waals surface area contributed by atoms with Gasteiger partial charge in [0.2, 0.25) is 0 Å². The van der Waals surface area contributed by atoms with Gasteiger partial charge in [0.15, 0.2) is 5.71 Å². The van der Waals surface area contributed by atoms with E-state index >= 15 is 0 Å². The Morgan fingerprint density at radius 1 is 1.08 bits per heavy atom. The van der Waals surface area contributed by atoms with Crippen molar-refractivity contribution < 1.29 is 20.1 Å². The molecular formula is C18H18N4O4. The molecule has 134 valence electrons. The number of para-hydroxylation sites is 2. The van der Waals surface area contributed by atoms with Gasteiger partial charge in [-0.1, -0.05) is 36.4 Å². The lowest BCUT2D eigenvalue weighted by Gasteiger charge is -2.31. The average Bonchev–Trinajstić information content (AvgIpc) is 2.66. The van der Waals surface area contributed by atoms with Crippen LogP contribution in [0.2, 0.25) is 0 Å². The summed E-state index contributed by atoms with van der Waals surface area (Å²) in [5.41, 5.74) is 3.18. The maximum atomic E-state index is 11.7. The summed E-state index contributed by atoms with van der Waals surface area (Å²) in [4.78, 5) is 11.7. The van der Waals surface area contributed by atoms with Crippen LogP contribution in [0.15, 0.2) is 70.9 Å². The Morgan fingerprint density at radius 2 is 1.69 bits per heavy atom. The molecule has 0 saturated carbocycles. The number of aliphatic hydroxyl groups is 2. The molecule has 0 radical (unpaired) electrons. The Hall–Kier alpha value is -3.23. The summed E-state index contributed by atoms with van der Waals surface area (Å²) in [5, 5.41) is 39.4. The highest BCUT2D eigenvalue weighted by atomic mass is 16.4. The first-order valence-corrected chi connectivity index (χ1v) is 7.96. The van der Waals surface area contributed by atoms with Crippen LogP contribution in [-0.4, -0.2) is 51.5 Å². The summed E-state index contributed by atoms with van der Waals surface area (Å²) in [6, 6.07) is 17.7. The molecule has 0 fully saturated rings. The topological polar surface area (TPSA) is 118 Å². The van der Waals surface area contributed by atoms with Crippen molar-refractivity contribution in [3.8, 4) is 0 Å². The molecule has 0 amide bonds. The molecule has 2 atom stereocenters. The quantitative estimate of drug-likeness (QED) is 0.472. The van der Waals surface area contributed by atoms with Gasteiger partial charge < -0.3 is 15.3 Å². The van der Waals surface area contributed by atoms with Crippen LogP contribution < -0.4 is 10.4 Å². The second-order valence-corrected chi connectivity index (χ2v) is 5.66. The van der Waals surface area contributed by atoms with E-state index in [4.69, 9.17) is 0 Å². The number of hydrogen-bond acceptors (Lipinski definition) is 7. The fourth-order valence-corrected chi connectivity index (χ4v) is 2.49. The number of carboxylic acid groups (broad SMARTS) is 1. The van der Waals surface area contributed by atoms with E-state index in [1.807, 2.05) is 12.1 Å². The Labute approximate surface area is 149 Å². The lowest BCUT2D eigenvalue weighted by molar-refractivity contribution is -0.129. The van der Waals surface area contributed by atoms with Crippen molar-refractivity contribution in [2.75, 3.05) is 17.0 Å². The summed E-state index contributed by atoms with van der Waals surface area (Å²) in [7, 11) is 0. The third kappa shape index (κ3) is 3.88. The molecule has 26 heavy (non-hydrogen) atoms. The molecule has 0 unspecified atom stereocenters. The highest BCUT2D eigenvalue weighted by molar-refractivity contribution is 6.66. The number of aliphatic hydroxyl groups excluding tert-OH is 2. The molecule has 1 aliphatic heterocycles. The van der Waals surface area contributed by atoms with Gasteiger partial charge >= 0.3 is 5.97 Å². The molecule has 4 N–H and O–H groups in total. The number of anilines is 2. The first kappa shape index (κ1) is 17.6. The third-order valence-electron chi connectivity index (χ3n) is 3.80. The van der Waals surface area contributed by atoms with Crippen LogP contribution in [0.25, 0.3) is 0 Å². The van der Waals surface area contributed by atoms with Crippen molar-refractivity contribution in [1.82, 2.24) is 0 Å². The summed E-state index contributed by atoms with van der Waals surface area (Å²) in [6.45, 7) is 0.0354. The maximum absolute atomic E-state index is 11.7. The second-order valence-electron chi connectivity index (χ2n) is 5.66. The van der Waals surface area contributed by atoms with Crippen LogP contribution in [0.4, 0.5) is 11.4 Å². The average molecular weight is 354 g/mol. The number of nitrogens with one attached hydrogen (secondary N) is 1. The zero-order valence-electron chi connectivity index (χ0n) is 13.7. The molecule has 8 nitrogen and oxygen atoms in total. The predicted molar refractivity (Wildman–Crippen MR) is 98.4 cm³/mol. The van der Waals surface area contributed by atoms with Gasteiger partial charge in [0.25, 0.3) is 0 Å². The number of aliphatic carboxylic acids is 1. The molecule has 0 aliphatic carbocycles. The van der Waals surface area contributed by atoms with Crippen LogP contribution in [0, 0.1) is 0 Å². The summed E-state index contributed by atoms with van der Waals surface area (Å²) in [5.74, 6) is -1.37. The van der Waals surface area contributed by atoms with E-state index in [9.17, 15) is 20.1 Å². The monoisotopic (exact) mass is 354 g/mol. The van der Waals surface area contributed by atoms with E-state index in [2.05, 4.69) is 15.6 Å². The van der Waals surface area contributed by atoms with E-state index in [1.54, 1.807) is 48.5 Å². The molecule has 3 rings (SSSR count). The molecule has 8 heteroatoms. The minimum atomic E-state index is -1.46. The lowest BCUT2D eigenvalue weighted by atomic mass is 10.0. The maximum Gasteiger partial charge on any atom is 0.358 e. The van der Waals surface area contributed by atoms with E-state index in [0.717, 1.165) is 0 Å². The molecular weight excluding hydrogens is 336 g/mol. The molecule has 1 aliphatic rings. The van der Waals surface area contributed by atoms with Crippen LogP contribution in [-0.2, 0) is 4.79 Å². The van der Waals surface area contributed by atoms with Gasteiger partial charge in [0, 0.05) is 0 Å². The van der Waals surface area contributed by atoms with Crippen LogP contribution in [0.3, 0.4) is 0 Å². The molecule has 0 saturated heterocycles. The van der Waals surface area contributed by atoms with E-state index < -0.39 is 23.9 Å². The van der Waals surface area contributed by atoms with Gasteiger partial charge in [-0.15, -0.1) is 0 Å². The minimum Gasteiger partial charge on any atom is -0.476 e. The number of carboxylic acids is 1. The normalized spacial score (nSPS) is 20.5. The van der Waals surface area contributed by atoms with Crippen molar-refractivity contribution in [3.63, 3.8) is 0 Å². The highest BCUT2D eigenvalue weighted by Gasteiger charge is 2.35. The van der Waals surface area contributed by atoms with E-state index in [-0.39, 0.29) is 12.3 Å². The summed E-state index contributed by atoms with van der Waals surface area (Å²) < 4.78 is 0. The number of carbonyl (C=O) groups is 1. The van der Waals surface area contributed by atoms with Gasteiger partial charge in [-0.2, -0.15) is 10.2 Å². The Kier molecular flexibility index (Phi) is 5.26. The highest BCUT2D eigenvalue weighted by Crippen LogP contribution is 2.20. The molecule has 0 aromatic heterocycles. The lowest BCUT2D eigenvalue weighted by Crippen LogP contribution is -2.51. The zero-order chi connectivity index (χ0) is 18.5. The zero-order valence-corrected chi connectivity index (χ0v) is 13.7. The van der Waals surface area contributed by atoms with Gasteiger partial charge in [0.1, 0.15) is 17.9 Å². The Bertz CT molecular complexity index is 824. The first-order valence-electron chi connectivity index (χ1n) is 7.96. The third-order valence-corrected chi connectivity index (χ3v) is 3.80. The smallest absolute Gasteiger partial charge is 0.358 e. The van der Waals surface area contributed by atoms with Crippen molar-refractivity contribution in [3.05, 3.63) is 60.7 Å². The Morgan fingerprint density at radius 3 is 2.31 bits per heavy atom. The Balaban J connectivity index is 1.95. The molecule has 0 spiro atoms. The van der Waals surface area contributed by atoms with Crippen LogP contribution >= 0.6 is 0 Å². The number of benzene rings is 2. The molecule has 2 aromatic rings. The summed E-state index contributed by atoms with van der Waals surface area (Å²) in [6.07, 6.45) is -2.66. The summed E-state index contributed by atoms with van der Waals surface area (Å²) >= 11 is 0. The SMILES string of the molecule is O=C(O)/C(=N\Nc1ccccc1)C1=NN(c2ccccc2)C[C@@H](O)[C@H]1O. The number of hydrogen-bond donors (Lipinski definition) is 4. The van der Waals surface area contributed by atoms with Gasteiger partial charge in [0.05, 0.1) is 17.9 Å². The van der Waals surface area contributed by atoms with Crippen molar-refractivity contribution in [2.24, 2.45) is 10.2 Å². The van der Waals surface area contributed by atoms with Crippen molar-refractivity contribution in [1.29, 1.82) is 0 Å². The molecule has 2 aromatic carbocycles. The number of β-amino-alcohol motifs (C(OH)–C–C–N with tert-alkyl or cyclic N) is 1. The van der Waals surface area contributed by atoms with E-state index in [0.29, 0.717) is 11.4 Å². The predicted octanol–water partition coefficient (Wildman–Crippen LogP) is 1.14. The number of rotatable bonds is 5. The number of nitrogens with zero attached hydrogens (tertiary/aromatic N) is 3. The van der Waals surface area contributed by atoms with Gasteiger partial charge in [-0.05, 0) is 24.3 Å². The fraction of sp³-hybridized carbons (Fsp3) is 0.167. The van der Waals surface area contributed by atoms with E-state index in [1.165, 1.54) is 5.01 Å². The first-order chi connectivity index (χ1) is 12.6. The fourth-order valence-electron chi connectivity index (χ4n) is 2.49. The minimum absolute atomic E-state index is 0.0354. The number of hydrazone groups is 2. The molecule has 1 heterocycles. The largest absolute Gasteiger partial charge is 0.476 e. The van der Waals surface area contributed by atoms with Crippen molar-refractivity contribution >= 4 is 28.8 Å². The molecule has 0 bridgehead atoms. The van der Waals surface area contributed by atoms with Gasteiger partial charge in [-0.3, -0.25) is 10.4 Å². The van der Waals surface area contributed by atoms with Crippen LogP contribution in [0.1, 0.15) is 0 Å². The second kappa shape index (κ2) is 7.77. The van der Waals surface area contributed by atoms with Gasteiger partial charge in [-0.25, -0.2) is 4.79 Å². The van der Waals surface area contributed by atoms with Crippen LogP contribution in [0.5, 0.6) is 0 Å².